The zero-order valence-corrected chi connectivity index (χ0v) is 18.8. The number of imide groups is 1. The Kier molecular flexibility index (Phi) is 6.63. The number of halogens is 2. The van der Waals surface area contributed by atoms with Gasteiger partial charge in [-0.15, -0.1) is 0 Å². The van der Waals surface area contributed by atoms with Crippen LogP contribution >= 0.6 is 23.4 Å². The fraction of sp³-hybridized carbons (Fsp3) is 0.120. The first-order chi connectivity index (χ1) is 15.4. The zero-order valence-electron chi connectivity index (χ0n) is 17.2. The number of thioether (sulfide) groups is 1. The van der Waals surface area contributed by atoms with Crippen LogP contribution in [-0.4, -0.2) is 16.0 Å². The minimum Gasteiger partial charge on any atom is -0.489 e. The van der Waals surface area contributed by atoms with Crippen molar-refractivity contribution in [3.8, 4) is 5.75 Å². The van der Waals surface area contributed by atoms with Gasteiger partial charge >= 0.3 is 0 Å². The maximum Gasteiger partial charge on any atom is 0.293 e. The molecule has 0 radical (unpaired) electrons. The van der Waals surface area contributed by atoms with E-state index in [1.807, 2.05) is 49.4 Å². The Morgan fingerprint density at radius 3 is 2.56 bits per heavy atom. The molecule has 0 N–H and O–H groups in total. The third-order valence-electron chi connectivity index (χ3n) is 4.93. The van der Waals surface area contributed by atoms with Gasteiger partial charge in [0.05, 0.1) is 11.4 Å². The fourth-order valence-corrected chi connectivity index (χ4v) is 4.24. The molecule has 1 aliphatic rings. The van der Waals surface area contributed by atoms with E-state index in [-0.39, 0.29) is 22.0 Å². The van der Waals surface area contributed by atoms with Gasteiger partial charge in [0.25, 0.3) is 11.1 Å². The lowest BCUT2D eigenvalue weighted by molar-refractivity contribution is -0.123. The average molecular weight is 468 g/mol. The molecule has 1 saturated heterocycles. The van der Waals surface area contributed by atoms with Gasteiger partial charge in [0.2, 0.25) is 0 Å². The van der Waals surface area contributed by atoms with E-state index in [9.17, 15) is 14.0 Å². The lowest BCUT2D eigenvalue weighted by atomic mass is 10.1. The lowest BCUT2D eigenvalue weighted by Gasteiger charge is -2.14. The Labute approximate surface area is 194 Å². The van der Waals surface area contributed by atoms with Crippen molar-refractivity contribution in [2.45, 2.75) is 20.1 Å². The summed E-state index contributed by atoms with van der Waals surface area (Å²) >= 11 is 6.86. The fourth-order valence-electron chi connectivity index (χ4n) is 3.17. The highest BCUT2D eigenvalue weighted by atomic mass is 35.5. The molecule has 162 valence electrons. The van der Waals surface area contributed by atoms with E-state index in [0.717, 1.165) is 27.8 Å². The van der Waals surface area contributed by atoms with Gasteiger partial charge in [-0.3, -0.25) is 14.5 Å². The van der Waals surface area contributed by atoms with Crippen LogP contribution in [0.15, 0.2) is 71.6 Å². The van der Waals surface area contributed by atoms with Gasteiger partial charge in [0.15, 0.2) is 0 Å². The predicted molar refractivity (Wildman–Crippen MR) is 125 cm³/mol. The summed E-state index contributed by atoms with van der Waals surface area (Å²) in [5.74, 6) is -0.388. The number of carbonyl (C=O) groups is 2. The number of amides is 2. The first-order valence-corrected chi connectivity index (χ1v) is 11.1. The van der Waals surface area contributed by atoms with Crippen LogP contribution in [0.1, 0.15) is 22.3 Å². The van der Waals surface area contributed by atoms with Crippen molar-refractivity contribution in [2.75, 3.05) is 0 Å². The molecule has 3 aromatic rings. The van der Waals surface area contributed by atoms with Crippen LogP contribution in [0.5, 0.6) is 5.75 Å². The molecule has 3 aromatic carbocycles. The minimum atomic E-state index is -0.557. The summed E-state index contributed by atoms with van der Waals surface area (Å²) in [6, 6.07) is 19.6. The minimum absolute atomic E-state index is 0.115. The van der Waals surface area contributed by atoms with Gasteiger partial charge in [-0.1, -0.05) is 59.6 Å². The molecule has 4 nitrogen and oxygen atoms in total. The van der Waals surface area contributed by atoms with Crippen molar-refractivity contribution in [1.29, 1.82) is 0 Å². The second-order valence-electron chi connectivity index (χ2n) is 7.31. The van der Waals surface area contributed by atoms with Crippen molar-refractivity contribution >= 4 is 40.6 Å². The summed E-state index contributed by atoms with van der Waals surface area (Å²) in [6.07, 6.45) is 1.63. The second-order valence-corrected chi connectivity index (χ2v) is 8.72. The summed E-state index contributed by atoms with van der Waals surface area (Å²) in [6.45, 7) is 2.23. The first kappa shape index (κ1) is 22.1. The summed E-state index contributed by atoms with van der Waals surface area (Å²) in [7, 11) is 0. The summed E-state index contributed by atoms with van der Waals surface area (Å²) in [5, 5.41) is -0.293. The lowest BCUT2D eigenvalue weighted by Crippen LogP contribution is -2.28. The van der Waals surface area contributed by atoms with E-state index in [1.54, 1.807) is 12.1 Å². The Morgan fingerprint density at radius 2 is 1.81 bits per heavy atom. The van der Waals surface area contributed by atoms with Gasteiger partial charge in [0.1, 0.15) is 18.2 Å². The zero-order chi connectivity index (χ0) is 22.7. The normalized spacial score (nSPS) is 15.0. The summed E-state index contributed by atoms with van der Waals surface area (Å²) < 4.78 is 19.9. The molecule has 1 heterocycles. The van der Waals surface area contributed by atoms with Gasteiger partial charge in [-0.2, -0.15) is 0 Å². The maximum atomic E-state index is 14.1. The van der Waals surface area contributed by atoms with E-state index in [2.05, 4.69) is 0 Å². The molecular formula is C25H19ClFNO3S. The number of rotatable bonds is 6. The number of nitrogens with zero attached hydrogens (tertiary/aromatic N) is 1. The number of aryl methyl sites for hydroxylation is 1. The molecule has 7 heteroatoms. The molecule has 0 atom stereocenters. The SMILES string of the molecule is Cc1ccc(COc2cccc(/C=C3\SC(=O)N(Cc4c(F)cccc4Cl)C3=O)c2)cc1. The average Bonchev–Trinajstić information content (AvgIpc) is 3.03. The molecule has 32 heavy (non-hydrogen) atoms. The number of hydrogen-bond acceptors (Lipinski definition) is 4. The first-order valence-electron chi connectivity index (χ1n) is 9.87. The molecular weight excluding hydrogens is 449 g/mol. The Balaban J connectivity index is 1.48. The van der Waals surface area contributed by atoms with E-state index < -0.39 is 17.0 Å². The number of ether oxygens (including phenoxy) is 1. The summed E-state index contributed by atoms with van der Waals surface area (Å²) in [4.78, 5) is 26.4. The third kappa shape index (κ3) is 5.03. The Morgan fingerprint density at radius 1 is 1.06 bits per heavy atom. The van der Waals surface area contributed by atoms with Gasteiger partial charge < -0.3 is 4.74 Å². The van der Waals surface area contributed by atoms with E-state index in [0.29, 0.717) is 12.4 Å². The van der Waals surface area contributed by atoms with E-state index >= 15 is 0 Å². The topological polar surface area (TPSA) is 46.6 Å². The molecule has 0 bridgehead atoms. The number of benzene rings is 3. The van der Waals surface area contributed by atoms with Gasteiger partial charge in [-0.25, -0.2) is 4.39 Å². The van der Waals surface area contributed by atoms with Crippen molar-refractivity contribution in [3.63, 3.8) is 0 Å². The van der Waals surface area contributed by atoms with Crippen molar-refractivity contribution in [2.24, 2.45) is 0 Å². The van der Waals surface area contributed by atoms with Crippen molar-refractivity contribution in [3.05, 3.63) is 105 Å². The predicted octanol–water partition coefficient (Wildman–Crippen LogP) is 6.60. The van der Waals surface area contributed by atoms with Crippen molar-refractivity contribution < 1.29 is 18.7 Å². The molecule has 1 fully saturated rings. The Bertz CT molecular complexity index is 1190. The van der Waals surface area contributed by atoms with Gasteiger partial charge in [0, 0.05) is 10.6 Å². The van der Waals surface area contributed by atoms with Crippen LogP contribution in [0.4, 0.5) is 9.18 Å². The smallest absolute Gasteiger partial charge is 0.293 e. The molecule has 0 aliphatic carbocycles. The maximum absolute atomic E-state index is 14.1. The highest BCUT2D eigenvalue weighted by molar-refractivity contribution is 8.18. The molecule has 4 rings (SSSR count). The molecule has 0 spiro atoms. The van der Waals surface area contributed by atoms with E-state index in [4.69, 9.17) is 16.3 Å². The van der Waals surface area contributed by atoms with Crippen LogP contribution in [0.2, 0.25) is 5.02 Å². The van der Waals surface area contributed by atoms with Crippen LogP contribution in [0.3, 0.4) is 0 Å². The standard InChI is InChI=1S/C25H19ClFNO3S/c1-16-8-10-17(11-9-16)15-31-19-5-2-4-18(12-19)13-23-24(29)28(25(30)32-23)14-20-21(26)6-3-7-22(20)27/h2-13H,14-15H2,1H3/b23-13-. The van der Waals surface area contributed by atoms with Crippen LogP contribution < -0.4 is 4.74 Å². The number of carbonyl (C=O) groups excluding carboxylic acids is 2. The van der Waals surface area contributed by atoms with Gasteiger partial charge in [-0.05, 0) is 60.2 Å². The molecule has 1 aliphatic heterocycles. The highest BCUT2D eigenvalue weighted by Crippen LogP contribution is 2.35. The monoisotopic (exact) mass is 467 g/mol. The molecule has 0 saturated carbocycles. The third-order valence-corrected chi connectivity index (χ3v) is 6.19. The Hall–Kier alpha value is -3.09. The van der Waals surface area contributed by atoms with Crippen LogP contribution in [-0.2, 0) is 17.9 Å². The molecule has 0 aromatic heterocycles. The number of hydrogen-bond donors (Lipinski definition) is 0. The molecule has 2 amide bonds. The van der Waals surface area contributed by atoms with Crippen LogP contribution in [0, 0.1) is 12.7 Å². The highest BCUT2D eigenvalue weighted by Gasteiger charge is 2.35. The van der Waals surface area contributed by atoms with E-state index in [1.165, 1.54) is 23.8 Å². The second kappa shape index (κ2) is 9.59. The summed E-state index contributed by atoms with van der Waals surface area (Å²) in [5.41, 5.74) is 3.07. The molecule has 0 unspecified atom stereocenters. The largest absolute Gasteiger partial charge is 0.489 e. The van der Waals surface area contributed by atoms with Crippen molar-refractivity contribution in [1.82, 2.24) is 4.90 Å². The quantitative estimate of drug-likeness (QED) is 0.383. The van der Waals surface area contributed by atoms with Crippen LogP contribution in [0.25, 0.3) is 6.08 Å².